The molecule has 0 aliphatic heterocycles. The van der Waals surface area contributed by atoms with Gasteiger partial charge in [-0.2, -0.15) is 5.26 Å². The van der Waals surface area contributed by atoms with Crippen LogP contribution in [0.15, 0.2) is 24.3 Å². The summed E-state index contributed by atoms with van der Waals surface area (Å²) in [5.74, 6) is 0.770. The Balaban J connectivity index is 1.97. The summed E-state index contributed by atoms with van der Waals surface area (Å²) in [4.78, 5) is 14.7. The molecule has 0 aromatic heterocycles. The summed E-state index contributed by atoms with van der Waals surface area (Å²) < 4.78 is 0. The van der Waals surface area contributed by atoms with Crippen LogP contribution in [0.4, 0.5) is 5.69 Å². The molecule has 0 radical (unpaired) electrons. The van der Waals surface area contributed by atoms with Gasteiger partial charge >= 0.3 is 0 Å². The van der Waals surface area contributed by atoms with E-state index in [0.29, 0.717) is 11.6 Å². The minimum absolute atomic E-state index is 0.00839. The van der Waals surface area contributed by atoms with Crippen LogP contribution in [0.1, 0.15) is 39.2 Å². The van der Waals surface area contributed by atoms with E-state index in [4.69, 9.17) is 5.26 Å². The van der Waals surface area contributed by atoms with E-state index in [1.807, 2.05) is 6.92 Å². The standard InChI is InChI=1S/C17H23N3O/c1-12(2)20(11-15-4-5-15)13(3)17(21)19-16-8-6-14(10-18)7-9-16/h6-9,12-13,15H,4-5,11H2,1-3H3,(H,19,21). The lowest BCUT2D eigenvalue weighted by atomic mass is 10.1. The second-order valence-corrected chi connectivity index (χ2v) is 6.09. The maximum Gasteiger partial charge on any atom is 0.241 e. The van der Waals surface area contributed by atoms with E-state index in [9.17, 15) is 4.79 Å². The SMILES string of the molecule is CC(C)N(CC1CC1)C(C)C(=O)Nc1ccc(C#N)cc1. The molecule has 112 valence electrons. The lowest BCUT2D eigenvalue weighted by Crippen LogP contribution is -2.46. The summed E-state index contributed by atoms with van der Waals surface area (Å²) in [6.07, 6.45) is 2.57. The molecule has 1 aromatic rings. The maximum absolute atomic E-state index is 12.4. The number of anilines is 1. The topological polar surface area (TPSA) is 56.1 Å². The van der Waals surface area contributed by atoms with Crippen molar-refractivity contribution in [3.63, 3.8) is 0 Å². The average Bonchev–Trinajstić information content (AvgIpc) is 3.28. The van der Waals surface area contributed by atoms with Gasteiger partial charge in [0.25, 0.3) is 0 Å². The van der Waals surface area contributed by atoms with Gasteiger partial charge in [-0.05, 0) is 63.8 Å². The fraction of sp³-hybridized carbons (Fsp3) is 0.529. The maximum atomic E-state index is 12.4. The molecule has 2 rings (SSSR count). The van der Waals surface area contributed by atoms with Gasteiger partial charge in [0.15, 0.2) is 0 Å². The molecule has 1 fully saturated rings. The molecule has 4 heteroatoms. The monoisotopic (exact) mass is 285 g/mol. The van der Waals surface area contributed by atoms with Crippen LogP contribution in [-0.4, -0.2) is 29.4 Å². The Hall–Kier alpha value is -1.86. The van der Waals surface area contributed by atoms with Gasteiger partial charge in [-0.25, -0.2) is 0 Å². The van der Waals surface area contributed by atoms with Crippen molar-refractivity contribution in [2.45, 2.75) is 45.7 Å². The normalized spacial score (nSPS) is 15.8. The minimum atomic E-state index is -0.152. The van der Waals surface area contributed by atoms with Crippen molar-refractivity contribution in [2.24, 2.45) is 5.92 Å². The number of rotatable bonds is 6. The number of hydrogen-bond acceptors (Lipinski definition) is 3. The van der Waals surface area contributed by atoms with Gasteiger partial charge in [0, 0.05) is 18.3 Å². The van der Waals surface area contributed by atoms with Crippen molar-refractivity contribution in [1.82, 2.24) is 4.90 Å². The number of hydrogen-bond donors (Lipinski definition) is 1. The highest BCUT2D eigenvalue weighted by Gasteiger charge is 2.30. The second kappa shape index (κ2) is 6.73. The summed E-state index contributed by atoms with van der Waals surface area (Å²) in [7, 11) is 0. The number of amides is 1. The van der Waals surface area contributed by atoms with E-state index in [1.54, 1.807) is 24.3 Å². The number of nitriles is 1. The van der Waals surface area contributed by atoms with Crippen LogP contribution in [-0.2, 0) is 4.79 Å². The smallest absolute Gasteiger partial charge is 0.241 e. The number of nitrogens with one attached hydrogen (secondary N) is 1. The molecule has 1 aliphatic carbocycles. The Morgan fingerprint density at radius 1 is 1.33 bits per heavy atom. The second-order valence-electron chi connectivity index (χ2n) is 6.09. The average molecular weight is 285 g/mol. The zero-order valence-corrected chi connectivity index (χ0v) is 13.0. The first-order chi connectivity index (χ1) is 10.0. The molecule has 1 unspecified atom stereocenters. The van der Waals surface area contributed by atoms with Crippen molar-refractivity contribution in [2.75, 3.05) is 11.9 Å². The number of benzene rings is 1. The molecule has 0 saturated heterocycles. The lowest BCUT2D eigenvalue weighted by Gasteiger charge is -2.31. The molecule has 1 amide bonds. The van der Waals surface area contributed by atoms with E-state index >= 15 is 0 Å². The fourth-order valence-corrected chi connectivity index (χ4v) is 2.44. The third-order valence-electron chi connectivity index (χ3n) is 3.99. The third-order valence-corrected chi connectivity index (χ3v) is 3.99. The largest absolute Gasteiger partial charge is 0.325 e. The predicted molar refractivity (Wildman–Crippen MR) is 83.8 cm³/mol. The van der Waals surface area contributed by atoms with Gasteiger partial charge in [0.1, 0.15) is 0 Å². The molecule has 0 heterocycles. The Bertz CT molecular complexity index is 526. The predicted octanol–water partition coefficient (Wildman–Crippen LogP) is 3.01. The third kappa shape index (κ3) is 4.30. The van der Waals surface area contributed by atoms with Crippen LogP contribution in [0.3, 0.4) is 0 Å². The lowest BCUT2D eigenvalue weighted by molar-refractivity contribution is -0.121. The van der Waals surface area contributed by atoms with Crippen LogP contribution in [0, 0.1) is 17.2 Å². The minimum Gasteiger partial charge on any atom is -0.325 e. The first kappa shape index (κ1) is 15.5. The van der Waals surface area contributed by atoms with E-state index in [-0.39, 0.29) is 11.9 Å². The van der Waals surface area contributed by atoms with Crippen molar-refractivity contribution in [3.05, 3.63) is 29.8 Å². The van der Waals surface area contributed by atoms with Gasteiger partial charge in [-0.15, -0.1) is 0 Å². The van der Waals surface area contributed by atoms with Gasteiger partial charge in [-0.1, -0.05) is 0 Å². The Labute approximate surface area is 126 Å². The first-order valence-electron chi connectivity index (χ1n) is 7.58. The number of carbonyl (C=O) groups is 1. The molecule has 1 aromatic carbocycles. The van der Waals surface area contributed by atoms with E-state index in [0.717, 1.165) is 18.2 Å². The molecule has 4 nitrogen and oxygen atoms in total. The Kier molecular flexibility index (Phi) is 4.98. The summed E-state index contributed by atoms with van der Waals surface area (Å²) >= 11 is 0. The van der Waals surface area contributed by atoms with Crippen LogP contribution in [0.25, 0.3) is 0 Å². The van der Waals surface area contributed by atoms with Crippen molar-refractivity contribution >= 4 is 11.6 Å². The van der Waals surface area contributed by atoms with E-state index in [2.05, 4.69) is 30.1 Å². The van der Waals surface area contributed by atoms with Gasteiger partial charge in [0.05, 0.1) is 17.7 Å². The van der Waals surface area contributed by atoms with Gasteiger partial charge < -0.3 is 5.32 Å². The zero-order chi connectivity index (χ0) is 15.4. The summed E-state index contributed by atoms with van der Waals surface area (Å²) in [6.45, 7) is 7.22. The van der Waals surface area contributed by atoms with Gasteiger partial charge in [-0.3, -0.25) is 9.69 Å². The van der Waals surface area contributed by atoms with Crippen LogP contribution < -0.4 is 5.32 Å². The molecule has 1 N–H and O–H groups in total. The molecule has 21 heavy (non-hydrogen) atoms. The fourth-order valence-electron chi connectivity index (χ4n) is 2.44. The Morgan fingerprint density at radius 2 is 1.95 bits per heavy atom. The van der Waals surface area contributed by atoms with Crippen molar-refractivity contribution < 1.29 is 4.79 Å². The molecular formula is C17H23N3O. The zero-order valence-electron chi connectivity index (χ0n) is 13.0. The van der Waals surface area contributed by atoms with Gasteiger partial charge in [0.2, 0.25) is 5.91 Å². The van der Waals surface area contributed by atoms with Crippen LogP contribution in [0.5, 0.6) is 0 Å². The molecule has 1 atom stereocenters. The van der Waals surface area contributed by atoms with Crippen molar-refractivity contribution in [3.8, 4) is 6.07 Å². The summed E-state index contributed by atoms with van der Waals surface area (Å²) in [6, 6.07) is 9.23. The summed E-state index contributed by atoms with van der Waals surface area (Å²) in [5.41, 5.74) is 1.33. The highest BCUT2D eigenvalue weighted by Crippen LogP contribution is 2.31. The highest BCUT2D eigenvalue weighted by atomic mass is 16.2. The highest BCUT2D eigenvalue weighted by molar-refractivity contribution is 5.94. The summed E-state index contributed by atoms with van der Waals surface area (Å²) in [5, 5.41) is 11.7. The van der Waals surface area contributed by atoms with E-state index < -0.39 is 0 Å². The number of carbonyl (C=O) groups excluding carboxylic acids is 1. The van der Waals surface area contributed by atoms with E-state index in [1.165, 1.54) is 12.8 Å². The quantitative estimate of drug-likeness (QED) is 0.874. The molecular weight excluding hydrogens is 262 g/mol. The molecule has 1 aliphatic rings. The van der Waals surface area contributed by atoms with Crippen LogP contribution >= 0.6 is 0 Å². The molecule has 1 saturated carbocycles. The number of nitrogens with zero attached hydrogens (tertiary/aromatic N) is 2. The first-order valence-corrected chi connectivity index (χ1v) is 7.58. The molecule has 0 bridgehead atoms. The molecule has 0 spiro atoms. The van der Waals surface area contributed by atoms with Crippen molar-refractivity contribution in [1.29, 1.82) is 5.26 Å². The Morgan fingerprint density at radius 3 is 2.43 bits per heavy atom. The van der Waals surface area contributed by atoms with Crippen LogP contribution in [0.2, 0.25) is 0 Å².